The van der Waals surface area contributed by atoms with Gasteiger partial charge in [-0.25, -0.2) is 49.8 Å². The Morgan fingerprint density at radius 1 is 0.603 bits per heavy atom. The smallest absolute Gasteiger partial charge is 0.222 e. The maximum Gasteiger partial charge on any atom is 0.222 e. The lowest BCUT2D eigenvalue weighted by Gasteiger charge is -2.36. The number of ether oxygens (including phenoxy) is 2. The van der Waals surface area contributed by atoms with Crippen LogP contribution in [0.15, 0.2) is 24.8 Å². The summed E-state index contributed by atoms with van der Waals surface area (Å²) in [6.07, 6.45) is 12.0. The molecule has 3 N–H and O–H groups in total. The van der Waals surface area contributed by atoms with Gasteiger partial charge in [0.2, 0.25) is 23.1 Å². The SMILES string of the molecule is CNc1ncc(-c2nc(N3CCOCC3)c3nc(Cl)n(CC4CC4)c3n2)cn1.CNc1ncc(-c2nc(N3CCOCC3)c3nc(N4C[C@@H](C)N[C@@H](C)C4)n(CC4CC4)c3n2)cn1. The van der Waals surface area contributed by atoms with E-state index in [0.29, 0.717) is 79.2 Å². The minimum absolute atomic E-state index is 0.399. The maximum absolute atomic E-state index is 6.50. The zero-order valence-electron chi connectivity index (χ0n) is 36.3. The zero-order chi connectivity index (χ0) is 43.0. The molecular weight excluding hydrogens is 824 g/mol. The molecule has 0 radical (unpaired) electrons. The molecule has 11 rings (SSSR count). The summed E-state index contributed by atoms with van der Waals surface area (Å²) in [7, 11) is 3.59. The molecule has 2 atom stereocenters. The van der Waals surface area contributed by atoms with Gasteiger partial charge in [-0.15, -0.1) is 0 Å². The number of aromatic nitrogens is 12. The van der Waals surface area contributed by atoms with E-state index in [-0.39, 0.29) is 0 Å². The van der Waals surface area contributed by atoms with Gasteiger partial charge >= 0.3 is 0 Å². The Bertz CT molecular complexity index is 2520. The van der Waals surface area contributed by atoms with Crippen LogP contribution in [-0.4, -0.2) is 151 Å². The van der Waals surface area contributed by atoms with E-state index in [1.54, 1.807) is 31.8 Å². The highest BCUT2D eigenvalue weighted by molar-refractivity contribution is 6.29. The van der Waals surface area contributed by atoms with Crippen LogP contribution in [0.1, 0.15) is 39.5 Å². The first-order valence-corrected chi connectivity index (χ1v) is 22.6. The average Bonchev–Trinajstić information content (AvgIpc) is 4.26. The lowest BCUT2D eigenvalue weighted by atomic mass is 10.1. The van der Waals surface area contributed by atoms with Crippen molar-refractivity contribution in [3.05, 3.63) is 30.1 Å². The van der Waals surface area contributed by atoms with Crippen LogP contribution < -0.4 is 30.7 Å². The minimum atomic E-state index is 0.399. The van der Waals surface area contributed by atoms with Crippen LogP contribution in [0, 0.1) is 11.8 Å². The molecular formula is C42H55ClN18O2. The van der Waals surface area contributed by atoms with Gasteiger partial charge in [0.25, 0.3) is 0 Å². The van der Waals surface area contributed by atoms with Crippen molar-refractivity contribution in [2.75, 3.05) is 105 Å². The lowest BCUT2D eigenvalue weighted by molar-refractivity contribution is 0.122. The second kappa shape index (κ2) is 17.9. The van der Waals surface area contributed by atoms with Crippen molar-refractivity contribution < 1.29 is 9.47 Å². The predicted octanol–water partition coefficient (Wildman–Crippen LogP) is 3.98. The molecule has 63 heavy (non-hydrogen) atoms. The Morgan fingerprint density at radius 3 is 1.51 bits per heavy atom. The summed E-state index contributed by atoms with van der Waals surface area (Å²) in [4.78, 5) is 53.9. The van der Waals surface area contributed by atoms with Gasteiger partial charge in [-0.3, -0.25) is 9.13 Å². The maximum atomic E-state index is 6.50. The number of hydrogen-bond acceptors (Lipinski definition) is 18. The first kappa shape index (κ1) is 41.4. The van der Waals surface area contributed by atoms with Gasteiger partial charge in [-0.05, 0) is 63.0 Å². The summed E-state index contributed by atoms with van der Waals surface area (Å²) >= 11 is 6.50. The van der Waals surface area contributed by atoms with Crippen molar-refractivity contribution in [2.45, 2.75) is 64.7 Å². The number of halogens is 1. The van der Waals surface area contributed by atoms with E-state index in [4.69, 9.17) is 46.0 Å². The molecule has 0 aromatic carbocycles. The number of rotatable bonds is 11. The van der Waals surface area contributed by atoms with Gasteiger partial charge in [0.15, 0.2) is 45.6 Å². The van der Waals surface area contributed by atoms with Crippen molar-refractivity contribution in [3.63, 3.8) is 0 Å². The molecule has 3 saturated heterocycles. The van der Waals surface area contributed by atoms with E-state index in [1.165, 1.54) is 25.7 Å². The lowest BCUT2D eigenvalue weighted by Crippen LogP contribution is -2.55. The van der Waals surface area contributed by atoms with Gasteiger partial charge < -0.3 is 40.1 Å². The quantitative estimate of drug-likeness (QED) is 0.158. The van der Waals surface area contributed by atoms with E-state index < -0.39 is 0 Å². The highest BCUT2D eigenvalue weighted by Gasteiger charge is 2.33. The predicted molar refractivity (Wildman–Crippen MR) is 243 cm³/mol. The van der Waals surface area contributed by atoms with Crippen LogP contribution in [0.3, 0.4) is 0 Å². The Labute approximate surface area is 370 Å². The molecule has 0 amide bonds. The highest BCUT2D eigenvalue weighted by atomic mass is 35.5. The minimum Gasteiger partial charge on any atom is -0.378 e. The number of piperazine rings is 1. The van der Waals surface area contributed by atoms with Crippen molar-refractivity contribution in [2.24, 2.45) is 11.8 Å². The number of imidazole rings is 2. The van der Waals surface area contributed by atoms with E-state index in [9.17, 15) is 0 Å². The third-order valence-electron chi connectivity index (χ3n) is 12.1. The molecule has 5 fully saturated rings. The number of anilines is 5. The number of nitrogens with zero attached hydrogens (tertiary/aromatic N) is 15. The Morgan fingerprint density at radius 2 is 1.05 bits per heavy atom. The third kappa shape index (κ3) is 8.98. The second-order valence-corrected chi connectivity index (χ2v) is 17.5. The van der Waals surface area contributed by atoms with Crippen LogP contribution in [-0.2, 0) is 22.6 Å². The van der Waals surface area contributed by atoms with Crippen LogP contribution in [0.5, 0.6) is 0 Å². The van der Waals surface area contributed by atoms with Gasteiger partial charge in [0.1, 0.15) is 0 Å². The van der Waals surface area contributed by atoms with Crippen molar-refractivity contribution >= 4 is 63.4 Å². The largest absolute Gasteiger partial charge is 0.378 e. The van der Waals surface area contributed by atoms with Crippen LogP contribution in [0.2, 0.25) is 5.28 Å². The number of morpholine rings is 2. The first-order valence-electron chi connectivity index (χ1n) is 22.2. The van der Waals surface area contributed by atoms with Crippen molar-refractivity contribution in [1.82, 2.24) is 64.3 Å². The van der Waals surface area contributed by atoms with E-state index in [1.807, 2.05) is 11.6 Å². The molecule has 9 heterocycles. The molecule has 0 spiro atoms. The molecule has 6 aromatic rings. The Kier molecular flexibility index (Phi) is 11.8. The molecule has 2 saturated carbocycles. The molecule has 332 valence electrons. The fraction of sp³-hybridized carbons (Fsp3) is 0.571. The standard InChI is InChI=1S/C24H34N10O.C18H21ClN8O/c1-15-12-33(13-16(2)28-15)24-29-19-21(32-6-8-35-9-7-32)30-20(18-10-26-23(25-3)27-11-18)31-22(19)34(24)14-17-4-5-17;1-20-18-21-8-12(9-22-18)14-24-15(26-4-6-28-7-5-26)13-16(25-14)27(17(19)23-13)10-11-2-3-11/h10-11,15-17,28H,4-9,12-14H2,1-3H3,(H,25,26,27);8-9,11H,2-7,10H2,1H3,(H,20,21,22)/t15-,16+;. The molecule has 5 aliphatic rings. The highest BCUT2D eigenvalue weighted by Crippen LogP contribution is 2.38. The van der Waals surface area contributed by atoms with Gasteiger partial charge in [0, 0.05) is 103 Å². The Balaban J connectivity index is 0.000000153. The number of nitrogens with one attached hydrogen (secondary N) is 3. The topological polar surface area (TPSA) is 203 Å². The van der Waals surface area contributed by atoms with Crippen LogP contribution in [0.4, 0.5) is 29.5 Å². The van der Waals surface area contributed by atoms with E-state index in [0.717, 1.165) is 103 Å². The second-order valence-electron chi connectivity index (χ2n) is 17.1. The summed E-state index contributed by atoms with van der Waals surface area (Å²) < 4.78 is 15.5. The average molecular weight is 879 g/mol. The molecule has 2 aliphatic carbocycles. The molecule has 0 unspecified atom stereocenters. The first-order chi connectivity index (χ1) is 30.8. The number of fused-ring (bicyclic) bond motifs is 2. The molecule has 0 bridgehead atoms. The zero-order valence-corrected chi connectivity index (χ0v) is 37.1. The molecule has 6 aromatic heterocycles. The van der Waals surface area contributed by atoms with Gasteiger partial charge in [-0.1, -0.05) is 0 Å². The number of hydrogen-bond donors (Lipinski definition) is 3. The van der Waals surface area contributed by atoms with Gasteiger partial charge in [0.05, 0.1) is 37.6 Å². The normalized spacial score (nSPS) is 20.6. The van der Waals surface area contributed by atoms with Crippen molar-refractivity contribution in [1.29, 1.82) is 0 Å². The molecule has 21 heteroatoms. The monoisotopic (exact) mass is 878 g/mol. The van der Waals surface area contributed by atoms with Crippen LogP contribution in [0.25, 0.3) is 45.1 Å². The summed E-state index contributed by atoms with van der Waals surface area (Å²) in [6, 6.07) is 0.798. The summed E-state index contributed by atoms with van der Waals surface area (Å²) in [6.45, 7) is 13.9. The van der Waals surface area contributed by atoms with Crippen molar-refractivity contribution in [3.8, 4) is 22.8 Å². The van der Waals surface area contributed by atoms with E-state index >= 15 is 0 Å². The summed E-state index contributed by atoms with van der Waals surface area (Å²) in [5.41, 5.74) is 4.83. The fourth-order valence-corrected chi connectivity index (χ4v) is 8.74. The van der Waals surface area contributed by atoms with Crippen LogP contribution >= 0.6 is 11.6 Å². The third-order valence-corrected chi connectivity index (χ3v) is 12.4. The van der Waals surface area contributed by atoms with Gasteiger partial charge in [-0.2, -0.15) is 0 Å². The Hall–Kier alpha value is -5.57. The fourth-order valence-electron chi connectivity index (χ4n) is 8.51. The molecule has 20 nitrogen and oxygen atoms in total. The molecule has 3 aliphatic heterocycles. The summed E-state index contributed by atoms with van der Waals surface area (Å²) in [5.74, 6) is 6.35. The summed E-state index contributed by atoms with van der Waals surface area (Å²) in [5, 5.41) is 10.00. The van der Waals surface area contributed by atoms with E-state index in [2.05, 4.69) is 74.0 Å².